The van der Waals surface area contributed by atoms with E-state index in [0.29, 0.717) is 17.9 Å². The summed E-state index contributed by atoms with van der Waals surface area (Å²) < 4.78 is 0. The molecule has 2 aromatic carbocycles. The minimum Gasteiger partial charge on any atom is -0.372 e. The molecule has 0 aliphatic heterocycles. The van der Waals surface area contributed by atoms with E-state index < -0.39 is 0 Å². The van der Waals surface area contributed by atoms with Crippen LogP contribution in [0.3, 0.4) is 0 Å². The van der Waals surface area contributed by atoms with Crippen LogP contribution in [0, 0.1) is 6.92 Å². The largest absolute Gasteiger partial charge is 0.372 e. The van der Waals surface area contributed by atoms with Crippen LogP contribution in [-0.2, 0) is 0 Å². The molecule has 1 amide bonds. The van der Waals surface area contributed by atoms with Gasteiger partial charge in [-0.3, -0.25) is 4.79 Å². The van der Waals surface area contributed by atoms with Gasteiger partial charge in [0.2, 0.25) is 5.95 Å². The zero-order chi connectivity index (χ0) is 18.0. The standard InChI is InChI=1S/C19H21N5O/c1-4-22-18(25)14-7-5-6-11(2)16(14)12-8-9-13-15(10-12)23-19(20)24-17(13)21-3/h5-10H,4H2,1-3H3,(H,22,25)(H3,20,21,23,24). The molecular formula is C19H21N5O. The van der Waals surface area contributed by atoms with Crippen molar-refractivity contribution in [1.82, 2.24) is 15.3 Å². The first-order valence-electron chi connectivity index (χ1n) is 8.18. The normalized spacial score (nSPS) is 10.7. The summed E-state index contributed by atoms with van der Waals surface area (Å²) in [4.78, 5) is 21.0. The number of nitrogen functional groups attached to an aromatic ring is 1. The van der Waals surface area contributed by atoms with Crippen LogP contribution >= 0.6 is 0 Å². The highest BCUT2D eigenvalue weighted by Gasteiger charge is 2.15. The molecule has 3 rings (SSSR count). The highest BCUT2D eigenvalue weighted by molar-refractivity contribution is 6.03. The number of anilines is 2. The maximum Gasteiger partial charge on any atom is 0.251 e. The van der Waals surface area contributed by atoms with Crippen LogP contribution in [0.1, 0.15) is 22.8 Å². The Hall–Kier alpha value is -3.15. The Balaban J connectivity index is 2.22. The molecule has 128 valence electrons. The molecule has 0 saturated heterocycles. The molecule has 0 spiro atoms. The third-order valence-electron chi connectivity index (χ3n) is 4.09. The van der Waals surface area contributed by atoms with Crippen molar-refractivity contribution in [2.75, 3.05) is 24.6 Å². The number of hydrogen-bond acceptors (Lipinski definition) is 5. The Morgan fingerprint density at radius 3 is 2.72 bits per heavy atom. The second kappa shape index (κ2) is 6.76. The van der Waals surface area contributed by atoms with Crippen molar-refractivity contribution in [3.63, 3.8) is 0 Å². The van der Waals surface area contributed by atoms with Gasteiger partial charge >= 0.3 is 0 Å². The van der Waals surface area contributed by atoms with Crippen LogP contribution in [0.15, 0.2) is 36.4 Å². The number of amides is 1. The lowest BCUT2D eigenvalue weighted by Crippen LogP contribution is -2.23. The van der Waals surface area contributed by atoms with Crippen LogP contribution in [0.2, 0.25) is 0 Å². The fourth-order valence-corrected chi connectivity index (χ4v) is 2.99. The van der Waals surface area contributed by atoms with Crippen LogP contribution in [0.4, 0.5) is 11.8 Å². The predicted octanol–water partition coefficient (Wildman–Crippen LogP) is 2.98. The van der Waals surface area contributed by atoms with Gasteiger partial charge in [-0.05, 0) is 48.7 Å². The molecule has 3 aromatic rings. The van der Waals surface area contributed by atoms with E-state index in [4.69, 9.17) is 5.73 Å². The van der Waals surface area contributed by atoms with Crippen LogP contribution < -0.4 is 16.4 Å². The summed E-state index contributed by atoms with van der Waals surface area (Å²) in [7, 11) is 1.80. The van der Waals surface area contributed by atoms with Gasteiger partial charge < -0.3 is 16.4 Å². The molecule has 6 heteroatoms. The monoisotopic (exact) mass is 335 g/mol. The van der Waals surface area contributed by atoms with E-state index in [9.17, 15) is 4.79 Å². The molecule has 25 heavy (non-hydrogen) atoms. The molecule has 0 atom stereocenters. The lowest BCUT2D eigenvalue weighted by molar-refractivity contribution is 0.0956. The van der Waals surface area contributed by atoms with Crippen molar-refractivity contribution < 1.29 is 4.79 Å². The second-order valence-corrected chi connectivity index (χ2v) is 5.77. The van der Waals surface area contributed by atoms with E-state index in [-0.39, 0.29) is 11.9 Å². The van der Waals surface area contributed by atoms with Crippen molar-refractivity contribution in [1.29, 1.82) is 0 Å². The van der Waals surface area contributed by atoms with Gasteiger partial charge in [-0.15, -0.1) is 0 Å². The molecule has 1 heterocycles. The summed E-state index contributed by atoms with van der Waals surface area (Å²) in [6, 6.07) is 11.6. The number of nitrogens with zero attached hydrogens (tertiary/aromatic N) is 2. The van der Waals surface area contributed by atoms with Crippen molar-refractivity contribution in [3.8, 4) is 11.1 Å². The van der Waals surface area contributed by atoms with Gasteiger partial charge in [0.05, 0.1) is 5.52 Å². The average Bonchev–Trinajstić information content (AvgIpc) is 2.60. The Kier molecular flexibility index (Phi) is 4.52. The van der Waals surface area contributed by atoms with E-state index in [1.54, 1.807) is 7.05 Å². The minimum atomic E-state index is -0.0839. The maximum absolute atomic E-state index is 12.4. The molecule has 6 nitrogen and oxygen atoms in total. The Morgan fingerprint density at radius 1 is 1.20 bits per heavy atom. The smallest absolute Gasteiger partial charge is 0.251 e. The first kappa shape index (κ1) is 16.7. The molecule has 0 saturated carbocycles. The number of nitrogens with one attached hydrogen (secondary N) is 2. The van der Waals surface area contributed by atoms with Gasteiger partial charge in [-0.1, -0.05) is 18.2 Å². The summed E-state index contributed by atoms with van der Waals surface area (Å²) in [5.74, 6) is 0.810. The van der Waals surface area contributed by atoms with Crippen molar-refractivity contribution in [2.24, 2.45) is 0 Å². The number of carbonyl (C=O) groups excluding carboxylic acids is 1. The lowest BCUT2D eigenvalue weighted by atomic mass is 9.94. The second-order valence-electron chi connectivity index (χ2n) is 5.77. The first-order chi connectivity index (χ1) is 12.0. The number of hydrogen-bond donors (Lipinski definition) is 3. The van der Waals surface area contributed by atoms with Gasteiger partial charge in [0.25, 0.3) is 5.91 Å². The number of benzene rings is 2. The highest BCUT2D eigenvalue weighted by atomic mass is 16.1. The number of nitrogens with two attached hydrogens (primary N) is 1. The summed E-state index contributed by atoms with van der Waals surface area (Å²) in [6.45, 7) is 4.48. The predicted molar refractivity (Wildman–Crippen MR) is 102 cm³/mol. The van der Waals surface area contributed by atoms with Gasteiger partial charge in [-0.2, -0.15) is 4.98 Å². The fourth-order valence-electron chi connectivity index (χ4n) is 2.99. The quantitative estimate of drug-likeness (QED) is 0.681. The topological polar surface area (TPSA) is 92.9 Å². The molecule has 0 aliphatic carbocycles. The zero-order valence-corrected chi connectivity index (χ0v) is 14.6. The average molecular weight is 335 g/mol. The molecule has 0 fully saturated rings. The van der Waals surface area contributed by atoms with Crippen LogP contribution in [0.5, 0.6) is 0 Å². The zero-order valence-electron chi connectivity index (χ0n) is 14.6. The molecule has 0 aliphatic rings. The summed E-state index contributed by atoms with van der Waals surface area (Å²) in [6.07, 6.45) is 0. The summed E-state index contributed by atoms with van der Waals surface area (Å²) in [5, 5.41) is 6.78. The third kappa shape index (κ3) is 3.10. The number of fused-ring (bicyclic) bond motifs is 1. The van der Waals surface area contributed by atoms with Gasteiger partial charge in [0.1, 0.15) is 5.82 Å². The van der Waals surface area contributed by atoms with Gasteiger partial charge in [0, 0.05) is 24.5 Å². The van der Waals surface area contributed by atoms with Crippen molar-refractivity contribution in [3.05, 3.63) is 47.5 Å². The van der Waals surface area contributed by atoms with E-state index in [1.165, 1.54) is 0 Å². The van der Waals surface area contributed by atoms with E-state index in [2.05, 4.69) is 20.6 Å². The van der Waals surface area contributed by atoms with Crippen molar-refractivity contribution >= 4 is 28.6 Å². The Morgan fingerprint density at radius 2 is 2.00 bits per heavy atom. The molecule has 0 bridgehead atoms. The SMILES string of the molecule is CCNC(=O)c1cccc(C)c1-c1ccc2c(NC)nc(N)nc2c1. The molecular weight excluding hydrogens is 314 g/mol. The molecule has 4 N–H and O–H groups in total. The van der Waals surface area contributed by atoms with Gasteiger partial charge in [-0.25, -0.2) is 4.98 Å². The summed E-state index contributed by atoms with van der Waals surface area (Å²) >= 11 is 0. The van der Waals surface area contributed by atoms with Crippen molar-refractivity contribution in [2.45, 2.75) is 13.8 Å². The molecule has 0 unspecified atom stereocenters. The minimum absolute atomic E-state index is 0.0839. The third-order valence-corrected chi connectivity index (χ3v) is 4.09. The number of aryl methyl sites for hydroxylation is 1. The fraction of sp³-hybridized carbons (Fsp3) is 0.211. The lowest BCUT2D eigenvalue weighted by Gasteiger charge is -2.14. The first-order valence-corrected chi connectivity index (χ1v) is 8.18. The Bertz CT molecular complexity index is 952. The van der Waals surface area contributed by atoms with E-state index in [0.717, 1.165) is 27.6 Å². The van der Waals surface area contributed by atoms with Crippen LogP contribution in [-0.4, -0.2) is 29.5 Å². The molecule has 0 radical (unpaired) electrons. The van der Waals surface area contributed by atoms with Gasteiger partial charge in [0.15, 0.2) is 0 Å². The Labute approximate surface area is 146 Å². The number of rotatable bonds is 4. The molecule has 1 aromatic heterocycles. The maximum atomic E-state index is 12.4. The number of aromatic nitrogens is 2. The summed E-state index contributed by atoms with van der Waals surface area (Å²) in [5.41, 5.74) is 10.0. The van der Waals surface area contributed by atoms with Crippen LogP contribution in [0.25, 0.3) is 22.0 Å². The van der Waals surface area contributed by atoms with E-state index in [1.807, 2.05) is 50.2 Å². The number of carbonyl (C=O) groups is 1. The highest BCUT2D eigenvalue weighted by Crippen LogP contribution is 2.31. The van der Waals surface area contributed by atoms with E-state index >= 15 is 0 Å².